The van der Waals surface area contributed by atoms with Crippen LogP contribution in [0.15, 0.2) is 0 Å². The first-order valence-corrected chi connectivity index (χ1v) is 10.3. The maximum absolute atomic E-state index is 10.3. The lowest BCUT2D eigenvalue weighted by molar-refractivity contribution is -0.171. The lowest BCUT2D eigenvalue weighted by Gasteiger charge is -2.02. The number of carboxylic acid groups (broad SMARTS) is 1. The first kappa shape index (κ1) is 24.6. The van der Waals surface area contributed by atoms with Gasteiger partial charge in [-0.3, -0.25) is 19.6 Å². The van der Waals surface area contributed by atoms with Gasteiger partial charge >= 0.3 is 5.97 Å². The molecule has 0 aromatic heterocycles. The highest BCUT2D eigenvalue weighted by molar-refractivity contribution is 6.00. The fourth-order valence-corrected chi connectivity index (χ4v) is 2.86. The number of amides is 2. The molecule has 0 radical (unpaired) electrons. The second-order valence-electron chi connectivity index (χ2n) is 6.99. The maximum atomic E-state index is 10.3. The Bertz CT molecular complexity index is 382. The second kappa shape index (κ2) is 17.0. The molecule has 0 aliphatic carbocycles. The molecule has 0 aromatic carbocycles. The Balaban J connectivity index is 0.000000642. The van der Waals surface area contributed by atoms with Crippen molar-refractivity contribution in [3.05, 3.63) is 0 Å². The van der Waals surface area contributed by atoms with Crippen molar-refractivity contribution in [2.75, 3.05) is 0 Å². The minimum Gasteiger partial charge on any atom is -0.481 e. The van der Waals surface area contributed by atoms with E-state index in [9.17, 15) is 14.4 Å². The average molecular weight is 372 g/mol. The second-order valence-corrected chi connectivity index (χ2v) is 6.99. The molecule has 0 bridgehead atoms. The number of rotatable bonds is 14. The molecule has 1 aliphatic heterocycles. The van der Waals surface area contributed by atoms with Gasteiger partial charge in [-0.1, -0.05) is 84.0 Å². The van der Waals surface area contributed by atoms with E-state index in [4.69, 9.17) is 10.3 Å². The molecule has 6 nitrogen and oxygen atoms in total. The number of hydrogen-bond donors (Lipinski definition) is 2. The molecule has 2 N–H and O–H groups in total. The Morgan fingerprint density at radius 1 is 0.769 bits per heavy atom. The first-order chi connectivity index (χ1) is 12.5. The zero-order chi connectivity index (χ0) is 19.6. The molecule has 26 heavy (non-hydrogen) atoms. The number of hydroxylamine groups is 2. The Hall–Kier alpha value is -1.43. The van der Waals surface area contributed by atoms with Crippen LogP contribution in [0.5, 0.6) is 0 Å². The van der Waals surface area contributed by atoms with Crippen molar-refractivity contribution in [2.45, 2.75) is 110 Å². The van der Waals surface area contributed by atoms with Gasteiger partial charge in [-0.15, -0.1) is 0 Å². The molecule has 1 rings (SSSR count). The van der Waals surface area contributed by atoms with Crippen LogP contribution >= 0.6 is 0 Å². The van der Waals surface area contributed by atoms with Gasteiger partial charge in [0, 0.05) is 19.3 Å². The van der Waals surface area contributed by atoms with Gasteiger partial charge in [0.15, 0.2) is 0 Å². The van der Waals surface area contributed by atoms with E-state index >= 15 is 0 Å². The maximum Gasteiger partial charge on any atom is 0.303 e. The number of carbonyl (C=O) groups is 3. The van der Waals surface area contributed by atoms with Gasteiger partial charge in [0.1, 0.15) is 0 Å². The van der Waals surface area contributed by atoms with E-state index < -0.39 is 17.8 Å². The molecule has 0 aromatic rings. The summed E-state index contributed by atoms with van der Waals surface area (Å²) in [4.78, 5) is 30.8. The van der Waals surface area contributed by atoms with E-state index in [1.165, 1.54) is 70.6 Å². The third-order valence-electron chi connectivity index (χ3n) is 4.52. The molecule has 0 spiro atoms. The standard InChI is InChI=1S/C16H32O2.C4H5NO3/c1-2-3-4-5-6-7-8-9-10-11-12-13-14-15-16(17)18;6-3-1-2-4(7)5(3)8/h2-15H2,1H3,(H,17,18);8H,1-2H2. The zero-order valence-electron chi connectivity index (χ0n) is 16.4. The fraction of sp³-hybridized carbons (Fsp3) is 0.850. The molecule has 1 heterocycles. The van der Waals surface area contributed by atoms with Crippen molar-refractivity contribution in [3.63, 3.8) is 0 Å². The van der Waals surface area contributed by atoms with Crippen LogP contribution in [0.1, 0.15) is 110 Å². The lowest BCUT2D eigenvalue weighted by atomic mass is 10.0. The van der Waals surface area contributed by atoms with E-state index in [2.05, 4.69) is 6.92 Å². The summed E-state index contributed by atoms with van der Waals surface area (Å²) in [7, 11) is 0. The van der Waals surface area contributed by atoms with Crippen molar-refractivity contribution >= 4 is 17.8 Å². The number of carbonyl (C=O) groups excluding carboxylic acids is 2. The van der Waals surface area contributed by atoms with Gasteiger partial charge in [-0.2, -0.15) is 5.06 Å². The molecule has 1 aliphatic rings. The number of unbranched alkanes of at least 4 members (excludes halogenated alkanes) is 12. The normalized spacial score (nSPS) is 13.7. The first-order valence-electron chi connectivity index (χ1n) is 10.3. The Kier molecular flexibility index (Phi) is 16.1. The van der Waals surface area contributed by atoms with Crippen LogP contribution in [0.25, 0.3) is 0 Å². The van der Waals surface area contributed by atoms with E-state index in [1.54, 1.807) is 0 Å². The summed E-state index contributed by atoms with van der Waals surface area (Å²) in [6.45, 7) is 2.26. The van der Waals surface area contributed by atoms with Crippen molar-refractivity contribution in [3.8, 4) is 0 Å². The van der Waals surface area contributed by atoms with Gasteiger partial charge < -0.3 is 5.11 Å². The molecule has 6 heteroatoms. The van der Waals surface area contributed by atoms with Crippen LogP contribution in [-0.4, -0.2) is 33.2 Å². The van der Waals surface area contributed by atoms with E-state index in [0.29, 0.717) is 6.42 Å². The SMILES string of the molecule is CCCCCCCCCCCCCCCC(=O)O.O=C1CCC(=O)N1O. The summed E-state index contributed by atoms with van der Waals surface area (Å²) in [6.07, 6.45) is 17.6. The van der Waals surface area contributed by atoms with Crippen molar-refractivity contribution < 1.29 is 24.7 Å². The summed E-state index contributed by atoms with van der Waals surface area (Å²) >= 11 is 0. The summed E-state index contributed by atoms with van der Waals surface area (Å²) in [5, 5.41) is 17.1. The minimum atomic E-state index is -0.655. The molecular formula is C20H37NO5. The van der Waals surface area contributed by atoms with Crippen LogP contribution in [0, 0.1) is 0 Å². The van der Waals surface area contributed by atoms with E-state index in [-0.39, 0.29) is 17.9 Å². The predicted octanol–water partition coefficient (Wildman–Crippen LogP) is 5.08. The molecule has 0 unspecified atom stereocenters. The molecule has 152 valence electrons. The number of nitrogens with zero attached hydrogens (tertiary/aromatic N) is 1. The van der Waals surface area contributed by atoms with Gasteiger partial charge in [0.25, 0.3) is 11.8 Å². The summed E-state index contributed by atoms with van der Waals surface area (Å²) in [5.74, 6) is -1.66. The zero-order valence-corrected chi connectivity index (χ0v) is 16.4. The van der Waals surface area contributed by atoms with E-state index in [1.807, 2.05) is 0 Å². The Morgan fingerprint density at radius 3 is 1.38 bits per heavy atom. The fourth-order valence-electron chi connectivity index (χ4n) is 2.86. The number of aliphatic carboxylic acids is 1. The Labute approximate surface area is 157 Å². The van der Waals surface area contributed by atoms with Gasteiger partial charge in [-0.05, 0) is 6.42 Å². The van der Waals surface area contributed by atoms with Gasteiger partial charge in [0.2, 0.25) is 0 Å². The quantitative estimate of drug-likeness (QED) is 0.252. The molecule has 0 saturated carbocycles. The summed E-state index contributed by atoms with van der Waals surface area (Å²) < 4.78 is 0. The third kappa shape index (κ3) is 14.9. The van der Waals surface area contributed by atoms with Crippen LogP contribution in [-0.2, 0) is 14.4 Å². The Morgan fingerprint density at radius 2 is 1.12 bits per heavy atom. The van der Waals surface area contributed by atoms with Crippen molar-refractivity contribution in [1.29, 1.82) is 0 Å². The van der Waals surface area contributed by atoms with Crippen LogP contribution in [0.3, 0.4) is 0 Å². The monoisotopic (exact) mass is 371 g/mol. The average Bonchev–Trinajstić information content (AvgIpc) is 2.90. The molecule has 2 amide bonds. The van der Waals surface area contributed by atoms with Crippen LogP contribution < -0.4 is 0 Å². The number of carboxylic acids is 1. The smallest absolute Gasteiger partial charge is 0.303 e. The molecular weight excluding hydrogens is 334 g/mol. The third-order valence-corrected chi connectivity index (χ3v) is 4.52. The highest BCUT2D eigenvalue weighted by Gasteiger charge is 2.26. The topological polar surface area (TPSA) is 94.9 Å². The highest BCUT2D eigenvalue weighted by Crippen LogP contribution is 2.12. The van der Waals surface area contributed by atoms with Crippen molar-refractivity contribution in [2.24, 2.45) is 0 Å². The van der Waals surface area contributed by atoms with Crippen molar-refractivity contribution in [1.82, 2.24) is 5.06 Å². The number of imide groups is 1. The summed E-state index contributed by atoms with van der Waals surface area (Å²) in [5.41, 5.74) is 0. The summed E-state index contributed by atoms with van der Waals surface area (Å²) in [6, 6.07) is 0. The van der Waals surface area contributed by atoms with Crippen LogP contribution in [0.4, 0.5) is 0 Å². The minimum absolute atomic E-state index is 0.148. The predicted molar refractivity (Wildman–Crippen MR) is 101 cm³/mol. The highest BCUT2D eigenvalue weighted by atomic mass is 16.5. The molecule has 0 atom stereocenters. The van der Waals surface area contributed by atoms with Gasteiger partial charge in [-0.25, -0.2) is 0 Å². The van der Waals surface area contributed by atoms with Gasteiger partial charge in [0.05, 0.1) is 0 Å². The lowest BCUT2D eigenvalue weighted by Crippen LogP contribution is -2.24. The number of hydrogen-bond acceptors (Lipinski definition) is 4. The molecule has 1 fully saturated rings. The van der Waals surface area contributed by atoms with E-state index in [0.717, 1.165) is 12.8 Å². The largest absolute Gasteiger partial charge is 0.481 e. The molecule has 1 saturated heterocycles. The van der Waals surface area contributed by atoms with Crippen LogP contribution in [0.2, 0.25) is 0 Å².